The highest BCUT2D eigenvalue weighted by Crippen LogP contribution is 2.42. The number of aromatic nitrogens is 1. The number of aromatic hydroxyl groups is 1. The summed E-state index contributed by atoms with van der Waals surface area (Å²) in [6.45, 7) is 0. The first-order valence-electron chi connectivity index (χ1n) is 4.08. The van der Waals surface area contributed by atoms with Gasteiger partial charge in [0.05, 0.1) is 0 Å². The highest BCUT2D eigenvalue weighted by molar-refractivity contribution is 5.46. The minimum Gasteiger partial charge on any atom is -0.494 e. The van der Waals surface area contributed by atoms with Crippen LogP contribution in [0, 0.1) is 11.3 Å². The molecule has 1 saturated carbocycles. The van der Waals surface area contributed by atoms with Gasteiger partial charge in [0.2, 0.25) is 5.88 Å². The second-order valence-electron chi connectivity index (χ2n) is 3.20. The topological polar surface area (TPSA) is 76.9 Å². The molecule has 2 N–H and O–H groups in total. The third-order valence-electron chi connectivity index (χ3n) is 2.18. The van der Waals surface area contributed by atoms with Gasteiger partial charge in [-0.05, 0) is 24.3 Å². The molecule has 0 unspecified atom stereocenters. The number of nitriles is 1. The van der Waals surface area contributed by atoms with E-state index in [1.54, 1.807) is 0 Å². The summed E-state index contributed by atoms with van der Waals surface area (Å²) < 4.78 is 0. The Labute approximate surface area is 74.5 Å². The molecule has 4 nitrogen and oxygen atoms in total. The predicted molar refractivity (Wildman–Crippen MR) is 45.4 cm³/mol. The van der Waals surface area contributed by atoms with E-state index in [1.165, 1.54) is 6.07 Å². The quantitative estimate of drug-likeness (QED) is 0.665. The van der Waals surface area contributed by atoms with Gasteiger partial charge < -0.3 is 5.11 Å². The van der Waals surface area contributed by atoms with Crippen LogP contribution in [-0.2, 0) is 0 Å². The number of H-pyrrole nitrogens is 1. The molecule has 1 aromatic rings. The van der Waals surface area contributed by atoms with Gasteiger partial charge >= 0.3 is 0 Å². The summed E-state index contributed by atoms with van der Waals surface area (Å²) in [5.74, 6) is -0.0141. The summed E-state index contributed by atoms with van der Waals surface area (Å²) in [6, 6.07) is 3.29. The summed E-state index contributed by atoms with van der Waals surface area (Å²) in [5.41, 5.74) is 0.546. The lowest BCUT2D eigenvalue weighted by Crippen LogP contribution is -2.07. The Hall–Kier alpha value is -1.76. The van der Waals surface area contributed by atoms with Gasteiger partial charge in [-0.1, -0.05) is 0 Å². The predicted octanol–water partition coefficient (Wildman–Crippen LogP) is 0.830. The molecule has 0 spiro atoms. The van der Waals surface area contributed by atoms with Crippen molar-refractivity contribution in [3.05, 3.63) is 27.5 Å². The van der Waals surface area contributed by atoms with Gasteiger partial charge in [-0.2, -0.15) is 5.26 Å². The number of nitrogens with zero attached hydrogens (tertiary/aromatic N) is 1. The minimum atomic E-state index is -0.349. The van der Waals surface area contributed by atoms with Crippen LogP contribution in [0.5, 0.6) is 5.88 Å². The Morgan fingerprint density at radius 2 is 2.31 bits per heavy atom. The lowest BCUT2D eigenvalue weighted by atomic mass is 10.1. The van der Waals surface area contributed by atoms with Crippen molar-refractivity contribution in [1.29, 1.82) is 5.26 Å². The Balaban J connectivity index is 2.65. The molecule has 0 amide bonds. The zero-order chi connectivity index (χ0) is 9.42. The van der Waals surface area contributed by atoms with Crippen molar-refractivity contribution in [2.24, 2.45) is 0 Å². The Kier molecular flexibility index (Phi) is 1.59. The highest BCUT2D eigenvalue weighted by Gasteiger charge is 2.28. The minimum absolute atomic E-state index is 0.210. The van der Waals surface area contributed by atoms with Gasteiger partial charge in [-0.3, -0.25) is 9.78 Å². The van der Waals surface area contributed by atoms with Crippen LogP contribution in [0.3, 0.4) is 0 Å². The number of rotatable bonds is 1. The maximum atomic E-state index is 11.0. The summed E-state index contributed by atoms with van der Waals surface area (Å²) in [5, 5.41) is 18.0. The Morgan fingerprint density at radius 1 is 1.62 bits per heavy atom. The van der Waals surface area contributed by atoms with Crippen molar-refractivity contribution in [2.75, 3.05) is 0 Å². The third-order valence-corrected chi connectivity index (χ3v) is 2.18. The fraction of sp³-hybridized carbons (Fsp3) is 0.333. The lowest BCUT2D eigenvalue weighted by molar-refractivity contribution is 0.449. The molecule has 0 atom stereocenters. The SMILES string of the molecule is N#Cc1c(C2CC2)cc(=O)[nH]c1O. The van der Waals surface area contributed by atoms with E-state index in [0.29, 0.717) is 11.5 Å². The molecule has 1 aromatic heterocycles. The van der Waals surface area contributed by atoms with Crippen molar-refractivity contribution >= 4 is 0 Å². The summed E-state index contributed by atoms with van der Waals surface area (Å²) in [7, 11) is 0. The smallest absolute Gasteiger partial charge is 0.251 e. The Bertz CT molecular complexity index is 438. The van der Waals surface area contributed by atoms with Gasteiger partial charge in [0, 0.05) is 6.07 Å². The van der Waals surface area contributed by atoms with Crippen LogP contribution in [-0.4, -0.2) is 10.1 Å². The van der Waals surface area contributed by atoms with Crippen LogP contribution < -0.4 is 5.56 Å². The molecule has 1 aliphatic rings. The van der Waals surface area contributed by atoms with E-state index >= 15 is 0 Å². The van der Waals surface area contributed by atoms with E-state index in [-0.39, 0.29) is 17.0 Å². The fourth-order valence-electron chi connectivity index (χ4n) is 1.40. The fourth-order valence-corrected chi connectivity index (χ4v) is 1.40. The summed E-state index contributed by atoms with van der Waals surface area (Å²) >= 11 is 0. The van der Waals surface area contributed by atoms with E-state index in [1.807, 2.05) is 6.07 Å². The number of nitrogens with one attached hydrogen (secondary N) is 1. The highest BCUT2D eigenvalue weighted by atomic mass is 16.3. The average Bonchev–Trinajstić information content (AvgIpc) is 2.85. The van der Waals surface area contributed by atoms with E-state index in [9.17, 15) is 9.90 Å². The first-order chi connectivity index (χ1) is 6.22. The average molecular weight is 176 g/mol. The van der Waals surface area contributed by atoms with Gasteiger partial charge in [0.15, 0.2) is 0 Å². The zero-order valence-corrected chi connectivity index (χ0v) is 6.87. The molecule has 1 heterocycles. The van der Waals surface area contributed by atoms with Gasteiger partial charge in [-0.25, -0.2) is 0 Å². The first-order valence-corrected chi connectivity index (χ1v) is 4.08. The second-order valence-corrected chi connectivity index (χ2v) is 3.20. The summed E-state index contributed by atoms with van der Waals surface area (Å²) in [6.07, 6.45) is 2.00. The largest absolute Gasteiger partial charge is 0.494 e. The van der Waals surface area contributed by atoms with Crippen molar-refractivity contribution in [3.8, 4) is 11.9 Å². The van der Waals surface area contributed by atoms with Crippen LogP contribution in [0.15, 0.2) is 10.9 Å². The maximum Gasteiger partial charge on any atom is 0.251 e. The monoisotopic (exact) mass is 176 g/mol. The number of hydrogen-bond donors (Lipinski definition) is 2. The molecular formula is C9H8N2O2. The molecule has 2 rings (SSSR count). The molecule has 0 aliphatic heterocycles. The number of pyridine rings is 1. The molecule has 0 radical (unpaired) electrons. The lowest BCUT2D eigenvalue weighted by Gasteiger charge is -2.01. The first kappa shape index (κ1) is 7.87. The molecule has 4 heteroatoms. The molecule has 1 aliphatic carbocycles. The van der Waals surface area contributed by atoms with Gasteiger partial charge in [-0.15, -0.1) is 0 Å². The molecule has 13 heavy (non-hydrogen) atoms. The molecule has 0 saturated heterocycles. The molecular weight excluding hydrogens is 168 g/mol. The standard InChI is InChI=1S/C9H8N2O2/c10-4-7-6(5-1-2-5)3-8(12)11-9(7)13/h3,5H,1-2H2,(H2,11,12,13). The Morgan fingerprint density at radius 3 is 2.85 bits per heavy atom. The van der Waals surface area contributed by atoms with Crippen molar-refractivity contribution < 1.29 is 5.11 Å². The molecule has 66 valence electrons. The molecule has 0 aromatic carbocycles. The van der Waals surface area contributed by atoms with Crippen LogP contribution in [0.25, 0.3) is 0 Å². The van der Waals surface area contributed by atoms with E-state index < -0.39 is 0 Å². The van der Waals surface area contributed by atoms with Crippen LogP contribution in [0.1, 0.15) is 29.9 Å². The third kappa shape index (κ3) is 1.29. The van der Waals surface area contributed by atoms with Gasteiger partial charge in [0.1, 0.15) is 11.6 Å². The number of aromatic amines is 1. The maximum absolute atomic E-state index is 11.0. The molecule has 1 fully saturated rings. The van der Waals surface area contributed by atoms with E-state index in [0.717, 1.165) is 12.8 Å². The van der Waals surface area contributed by atoms with Crippen molar-refractivity contribution in [2.45, 2.75) is 18.8 Å². The van der Waals surface area contributed by atoms with E-state index in [4.69, 9.17) is 5.26 Å². The van der Waals surface area contributed by atoms with E-state index in [2.05, 4.69) is 4.98 Å². The number of hydrogen-bond acceptors (Lipinski definition) is 3. The van der Waals surface area contributed by atoms with Crippen LogP contribution >= 0.6 is 0 Å². The normalized spacial score (nSPS) is 15.3. The van der Waals surface area contributed by atoms with Gasteiger partial charge in [0.25, 0.3) is 5.56 Å². The second kappa shape index (κ2) is 2.63. The molecule has 0 bridgehead atoms. The van der Waals surface area contributed by atoms with Crippen LogP contribution in [0.2, 0.25) is 0 Å². The van der Waals surface area contributed by atoms with Crippen LogP contribution in [0.4, 0.5) is 0 Å². The summed E-state index contributed by atoms with van der Waals surface area (Å²) in [4.78, 5) is 13.2. The van der Waals surface area contributed by atoms with Crippen molar-refractivity contribution in [1.82, 2.24) is 4.98 Å². The van der Waals surface area contributed by atoms with Crippen molar-refractivity contribution in [3.63, 3.8) is 0 Å². The zero-order valence-electron chi connectivity index (χ0n) is 6.87.